The maximum Gasteiger partial charge on any atom is 0.337 e. The third-order valence-electron chi connectivity index (χ3n) is 4.50. The van der Waals surface area contributed by atoms with Crippen LogP contribution in [0.5, 0.6) is 0 Å². The number of carbonyl (C=O) groups excluding carboxylic acids is 1. The quantitative estimate of drug-likeness (QED) is 0.646. The number of carbonyl (C=O) groups is 1. The average molecular weight is 336 g/mol. The molecule has 0 saturated heterocycles. The summed E-state index contributed by atoms with van der Waals surface area (Å²) in [5, 5.41) is 0. The Morgan fingerprint density at radius 1 is 1.08 bits per heavy atom. The predicted octanol–water partition coefficient (Wildman–Crippen LogP) is 5.82. The van der Waals surface area contributed by atoms with Crippen molar-refractivity contribution in [2.24, 2.45) is 5.92 Å². The molecule has 0 spiro atoms. The fourth-order valence-electron chi connectivity index (χ4n) is 3.13. The summed E-state index contributed by atoms with van der Waals surface area (Å²) in [6.07, 6.45) is 4.43. The molecule has 1 aliphatic rings. The lowest BCUT2D eigenvalue weighted by molar-refractivity contribution is 0.0600. The molecule has 0 heterocycles. The van der Waals surface area contributed by atoms with Crippen molar-refractivity contribution < 1.29 is 9.53 Å². The standard InChI is InChI=1S/C21H22O2.C2H6/c1-14-4-7-16(8-5-14)20-12-15(2)6-9-17-13-18(21(22)23-3)10-11-19(17)20;1-2/h4-5,7-8,10-13,15H,6,9H2,1-3H3;1-2H3. The number of rotatable bonds is 2. The monoisotopic (exact) mass is 336 g/mol. The molecule has 1 atom stereocenters. The molecule has 3 rings (SSSR count). The molecule has 0 N–H and O–H groups in total. The number of hydrogen-bond acceptors (Lipinski definition) is 2. The summed E-state index contributed by atoms with van der Waals surface area (Å²) in [5.41, 5.74) is 6.84. The van der Waals surface area contributed by atoms with Gasteiger partial charge in [-0.25, -0.2) is 4.79 Å². The molecule has 1 aliphatic carbocycles. The van der Waals surface area contributed by atoms with E-state index in [0.717, 1.165) is 12.8 Å². The summed E-state index contributed by atoms with van der Waals surface area (Å²) >= 11 is 0. The van der Waals surface area contributed by atoms with Gasteiger partial charge in [-0.3, -0.25) is 0 Å². The van der Waals surface area contributed by atoms with Crippen molar-refractivity contribution in [1.29, 1.82) is 0 Å². The van der Waals surface area contributed by atoms with Gasteiger partial charge in [-0.2, -0.15) is 0 Å². The third kappa shape index (κ3) is 4.39. The minimum Gasteiger partial charge on any atom is -0.465 e. The molecule has 0 aliphatic heterocycles. The molecule has 2 nitrogen and oxygen atoms in total. The van der Waals surface area contributed by atoms with Gasteiger partial charge in [0.25, 0.3) is 0 Å². The lowest BCUT2D eigenvalue weighted by Gasteiger charge is -2.13. The van der Waals surface area contributed by atoms with Crippen LogP contribution in [0.25, 0.3) is 5.57 Å². The van der Waals surface area contributed by atoms with Gasteiger partial charge in [-0.05, 0) is 60.1 Å². The number of benzene rings is 2. The second kappa shape index (κ2) is 8.66. The van der Waals surface area contributed by atoms with Crippen LogP contribution >= 0.6 is 0 Å². The van der Waals surface area contributed by atoms with E-state index in [1.54, 1.807) is 0 Å². The van der Waals surface area contributed by atoms with Crippen LogP contribution in [0, 0.1) is 12.8 Å². The summed E-state index contributed by atoms with van der Waals surface area (Å²) in [6, 6.07) is 14.6. The highest BCUT2D eigenvalue weighted by Crippen LogP contribution is 2.33. The maximum absolute atomic E-state index is 11.8. The molecule has 0 aromatic heterocycles. The number of hydrogen-bond donors (Lipinski definition) is 0. The highest BCUT2D eigenvalue weighted by Gasteiger charge is 2.18. The van der Waals surface area contributed by atoms with Crippen molar-refractivity contribution in [2.45, 2.75) is 40.5 Å². The SMILES string of the molecule is CC.COC(=O)c1ccc2c(c1)CCC(C)C=C2c1ccc(C)cc1. The van der Waals surface area contributed by atoms with E-state index in [2.05, 4.69) is 50.3 Å². The van der Waals surface area contributed by atoms with Crippen molar-refractivity contribution in [3.05, 3.63) is 76.4 Å². The molecule has 25 heavy (non-hydrogen) atoms. The molecular weight excluding hydrogens is 308 g/mol. The van der Waals surface area contributed by atoms with Gasteiger partial charge < -0.3 is 4.74 Å². The normalized spacial score (nSPS) is 15.9. The van der Waals surface area contributed by atoms with Crippen LogP contribution in [0.4, 0.5) is 0 Å². The Labute approximate surface area is 151 Å². The zero-order valence-corrected chi connectivity index (χ0v) is 15.9. The van der Waals surface area contributed by atoms with Crippen molar-refractivity contribution in [3.8, 4) is 0 Å². The largest absolute Gasteiger partial charge is 0.465 e. The van der Waals surface area contributed by atoms with E-state index in [9.17, 15) is 4.79 Å². The van der Waals surface area contributed by atoms with Crippen LogP contribution < -0.4 is 0 Å². The zero-order chi connectivity index (χ0) is 18.4. The Kier molecular flexibility index (Phi) is 6.58. The van der Waals surface area contributed by atoms with Crippen LogP contribution in [0.2, 0.25) is 0 Å². The molecular formula is C23H28O2. The summed E-state index contributed by atoms with van der Waals surface area (Å²) in [4.78, 5) is 11.8. The van der Waals surface area contributed by atoms with E-state index < -0.39 is 0 Å². The predicted molar refractivity (Wildman–Crippen MR) is 105 cm³/mol. The van der Waals surface area contributed by atoms with Gasteiger partial charge >= 0.3 is 5.97 Å². The molecule has 2 heteroatoms. The second-order valence-electron chi connectivity index (χ2n) is 6.33. The summed E-state index contributed by atoms with van der Waals surface area (Å²) < 4.78 is 4.85. The summed E-state index contributed by atoms with van der Waals surface area (Å²) in [6.45, 7) is 8.35. The first-order valence-corrected chi connectivity index (χ1v) is 9.09. The van der Waals surface area contributed by atoms with E-state index in [4.69, 9.17) is 4.74 Å². The number of methoxy groups -OCH3 is 1. The highest BCUT2D eigenvalue weighted by molar-refractivity contribution is 5.91. The Bertz CT molecular complexity index is 754. The Morgan fingerprint density at radius 3 is 2.40 bits per heavy atom. The highest BCUT2D eigenvalue weighted by atomic mass is 16.5. The third-order valence-corrected chi connectivity index (χ3v) is 4.50. The Hall–Kier alpha value is -2.35. The first-order valence-electron chi connectivity index (χ1n) is 9.09. The van der Waals surface area contributed by atoms with Crippen molar-refractivity contribution in [3.63, 3.8) is 0 Å². The molecule has 0 bridgehead atoms. The number of esters is 1. The fourth-order valence-corrected chi connectivity index (χ4v) is 3.13. The van der Waals surface area contributed by atoms with Gasteiger partial charge in [-0.1, -0.05) is 62.7 Å². The molecule has 2 aromatic carbocycles. The zero-order valence-electron chi connectivity index (χ0n) is 15.9. The van der Waals surface area contributed by atoms with Gasteiger partial charge in [-0.15, -0.1) is 0 Å². The van der Waals surface area contributed by atoms with Gasteiger partial charge in [0.05, 0.1) is 12.7 Å². The lowest BCUT2D eigenvalue weighted by Crippen LogP contribution is -2.03. The van der Waals surface area contributed by atoms with Crippen molar-refractivity contribution in [1.82, 2.24) is 0 Å². The second-order valence-corrected chi connectivity index (χ2v) is 6.33. The van der Waals surface area contributed by atoms with Gasteiger partial charge in [0.15, 0.2) is 0 Å². The first kappa shape index (κ1) is 19.0. The minimum atomic E-state index is -0.272. The summed E-state index contributed by atoms with van der Waals surface area (Å²) in [7, 11) is 1.42. The molecule has 132 valence electrons. The lowest BCUT2D eigenvalue weighted by atomic mass is 9.92. The molecule has 1 unspecified atom stereocenters. The number of ether oxygens (including phenoxy) is 1. The van der Waals surface area contributed by atoms with E-state index in [1.807, 2.05) is 26.0 Å². The Morgan fingerprint density at radius 2 is 1.76 bits per heavy atom. The molecule has 0 amide bonds. The maximum atomic E-state index is 11.8. The van der Waals surface area contributed by atoms with Crippen LogP contribution in [-0.4, -0.2) is 13.1 Å². The minimum absolute atomic E-state index is 0.272. The van der Waals surface area contributed by atoms with Crippen molar-refractivity contribution >= 4 is 11.5 Å². The molecule has 2 aromatic rings. The van der Waals surface area contributed by atoms with Crippen molar-refractivity contribution in [2.75, 3.05) is 7.11 Å². The molecule has 0 fully saturated rings. The molecule has 0 saturated carbocycles. The topological polar surface area (TPSA) is 26.3 Å². The van der Waals surface area contributed by atoms with E-state index in [-0.39, 0.29) is 5.97 Å². The summed E-state index contributed by atoms with van der Waals surface area (Å²) in [5.74, 6) is 0.242. The van der Waals surface area contributed by atoms with Crippen LogP contribution in [-0.2, 0) is 11.2 Å². The number of fused-ring (bicyclic) bond motifs is 1. The van der Waals surface area contributed by atoms with E-state index in [0.29, 0.717) is 11.5 Å². The Balaban J connectivity index is 0.00000109. The van der Waals surface area contributed by atoms with Crippen LogP contribution in [0.15, 0.2) is 48.5 Å². The number of aryl methyl sites for hydroxylation is 2. The van der Waals surface area contributed by atoms with Gasteiger partial charge in [0.1, 0.15) is 0 Å². The van der Waals surface area contributed by atoms with E-state index >= 15 is 0 Å². The van der Waals surface area contributed by atoms with E-state index in [1.165, 1.54) is 34.9 Å². The average Bonchev–Trinajstić information content (AvgIpc) is 2.82. The van der Waals surface area contributed by atoms with Crippen LogP contribution in [0.3, 0.4) is 0 Å². The molecule has 0 radical (unpaired) electrons. The van der Waals surface area contributed by atoms with Gasteiger partial charge in [0, 0.05) is 0 Å². The van der Waals surface area contributed by atoms with Crippen LogP contribution in [0.1, 0.15) is 59.8 Å². The first-order chi connectivity index (χ1) is 12.1. The smallest absolute Gasteiger partial charge is 0.337 e. The fraction of sp³-hybridized carbons (Fsp3) is 0.348. The number of allylic oxidation sites excluding steroid dienone is 1. The van der Waals surface area contributed by atoms with Gasteiger partial charge in [0.2, 0.25) is 0 Å².